The first-order valence-electron chi connectivity index (χ1n) is 10.5. The van der Waals surface area contributed by atoms with Crippen molar-refractivity contribution >= 4 is 15.7 Å². The Labute approximate surface area is 163 Å². The van der Waals surface area contributed by atoms with Crippen molar-refractivity contribution in [2.24, 2.45) is 11.8 Å². The van der Waals surface area contributed by atoms with Gasteiger partial charge in [0.1, 0.15) is 11.5 Å². The summed E-state index contributed by atoms with van der Waals surface area (Å²) in [5.74, 6) is 1.66. The van der Waals surface area contributed by atoms with Crippen LogP contribution in [0.25, 0.3) is 0 Å². The quantitative estimate of drug-likeness (QED) is 0.694. The molecule has 5 nitrogen and oxygen atoms in total. The van der Waals surface area contributed by atoms with Crippen LogP contribution in [0, 0.1) is 11.8 Å². The fourth-order valence-corrected chi connectivity index (χ4v) is 6.32. The van der Waals surface area contributed by atoms with E-state index in [1.165, 1.54) is 38.4 Å². The lowest BCUT2D eigenvalue weighted by Gasteiger charge is -2.36. The fraction of sp³-hybridized carbons (Fsp3) is 0.762. The number of furan rings is 1. The highest BCUT2D eigenvalue weighted by Crippen LogP contribution is 2.33. The van der Waals surface area contributed by atoms with E-state index in [0.717, 1.165) is 18.8 Å². The summed E-state index contributed by atoms with van der Waals surface area (Å²) in [4.78, 5) is 14.8. The number of sulfone groups is 1. The summed E-state index contributed by atoms with van der Waals surface area (Å²) in [6, 6.07) is 3.41. The molecule has 2 aliphatic rings. The van der Waals surface area contributed by atoms with Crippen molar-refractivity contribution in [1.29, 1.82) is 0 Å². The minimum atomic E-state index is -3.23. The smallest absolute Gasteiger partial charge is 0.225 e. The van der Waals surface area contributed by atoms with Crippen LogP contribution < -0.4 is 0 Å². The normalized spacial score (nSPS) is 24.9. The van der Waals surface area contributed by atoms with E-state index in [1.54, 1.807) is 12.1 Å². The number of nitrogens with zero attached hydrogens (tertiary/aromatic N) is 1. The first-order valence-corrected chi connectivity index (χ1v) is 12.2. The van der Waals surface area contributed by atoms with Crippen LogP contribution in [-0.2, 0) is 20.4 Å². The lowest BCUT2D eigenvalue weighted by atomic mass is 9.79. The standard InChI is InChI=1S/C21H33NO4S/c1-2-3-5-17-7-9-18(10-8-17)21(23)22-13-11-20(12-14-22)27(24,25)16-19-6-4-15-26-19/h4,6,15,17-18,20H,2-3,5,7-14,16H2,1H3. The molecule has 0 unspecified atom stereocenters. The Morgan fingerprint density at radius 2 is 1.85 bits per heavy atom. The highest BCUT2D eigenvalue weighted by atomic mass is 32.2. The maximum atomic E-state index is 12.8. The maximum absolute atomic E-state index is 12.8. The predicted octanol–water partition coefficient (Wildman–Crippen LogP) is 4.18. The van der Waals surface area contributed by atoms with Gasteiger partial charge in [0.15, 0.2) is 9.84 Å². The lowest BCUT2D eigenvalue weighted by Crippen LogP contribution is -2.45. The molecule has 2 heterocycles. The molecule has 1 aromatic rings. The van der Waals surface area contributed by atoms with E-state index in [0.29, 0.717) is 31.7 Å². The van der Waals surface area contributed by atoms with Crippen molar-refractivity contribution < 1.29 is 17.6 Å². The Kier molecular flexibility index (Phi) is 7.01. The lowest BCUT2D eigenvalue weighted by molar-refractivity contribution is -0.137. The molecule has 3 rings (SSSR count). The van der Waals surface area contributed by atoms with Crippen LogP contribution in [0.5, 0.6) is 0 Å². The van der Waals surface area contributed by atoms with Gasteiger partial charge in [-0.1, -0.05) is 26.2 Å². The van der Waals surface area contributed by atoms with Crippen molar-refractivity contribution in [3.8, 4) is 0 Å². The molecule has 0 atom stereocenters. The number of hydrogen-bond acceptors (Lipinski definition) is 4. The second-order valence-corrected chi connectivity index (χ2v) is 10.6. The minimum Gasteiger partial charge on any atom is -0.468 e. The summed E-state index contributed by atoms with van der Waals surface area (Å²) in [5, 5.41) is -0.364. The molecule has 1 aliphatic heterocycles. The molecular formula is C21H33NO4S. The SMILES string of the molecule is CCCCC1CCC(C(=O)N2CCC(S(=O)(=O)Cc3ccco3)CC2)CC1. The average molecular weight is 396 g/mol. The van der Waals surface area contributed by atoms with Crippen molar-refractivity contribution in [1.82, 2.24) is 4.90 Å². The molecule has 0 radical (unpaired) electrons. The zero-order chi connectivity index (χ0) is 19.3. The summed E-state index contributed by atoms with van der Waals surface area (Å²) in [6.45, 7) is 3.36. The molecule has 1 amide bonds. The van der Waals surface area contributed by atoms with Gasteiger partial charge in [-0.3, -0.25) is 4.79 Å². The van der Waals surface area contributed by atoms with E-state index in [-0.39, 0.29) is 22.8 Å². The highest BCUT2D eigenvalue weighted by Gasteiger charge is 2.35. The highest BCUT2D eigenvalue weighted by molar-refractivity contribution is 7.91. The first-order chi connectivity index (χ1) is 13.0. The second kappa shape index (κ2) is 9.26. The van der Waals surface area contributed by atoms with E-state index < -0.39 is 9.84 Å². The van der Waals surface area contributed by atoms with Crippen LogP contribution in [-0.4, -0.2) is 37.6 Å². The third-order valence-electron chi connectivity index (χ3n) is 6.35. The number of amides is 1. The zero-order valence-electron chi connectivity index (χ0n) is 16.4. The number of carbonyl (C=O) groups is 1. The number of piperidine rings is 1. The Morgan fingerprint density at radius 3 is 2.44 bits per heavy atom. The van der Waals surface area contributed by atoms with Gasteiger partial charge < -0.3 is 9.32 Å². The molecule has 1 aliphatic carbocycles. The van der Waals surface area contributed by atoms with Gasteiger partial charge in [0, 0.05) is 19.0 Å². The summed E-state index contributed by atoms with van der Waals surface area (Å²) >= 11 is 0. The number of unbranched alkanes of at least 4 members (excludes halogenated alkanes) is 1. The maximum Gasteiger partial charge on any atom is 0.225 e. The van der Waals surface area contributed by atoms with Gasteiger partial charge in [0.25, 0.3) is 0 Å². The van der Waals surface area contributed by atoms with Gasteiger partial charge in [-0.25, -0.2) is 8.42 Å². The van der Waals surface area contributed by atoms with E-state index >= 15 is 0 Å². The largest absolute Gasteiger partial charge is 0.468 e. The number of likely N-dealkylation sites (tertiary alicyclic amines) is 1. The van der Waals surface area contributed by atoms with E-state index in [4.69, 9.17) is 4.42 Å². The number of rotatable bonds is 7. The van der Waals surface area contributed by atoms with Crippen LogP contribution in [0.2, 0.25) is 0 Å². The Balaban J connectivity index is 1.45. The number of hydrogen-bond donors (Lipinski definition) is 0. The van der Waals surface area contributed by atoms with E-state index in [2.05, 4.69) is 6.92 Å². The minimum absolute atomic E-state index is 0.0413. The van der Waals surface area contributed by atoms with Gasteiger partial charge in [0.05, 0.1) is 11.5 Å². The molecular weight excluding hydrogens is 362 g/mol. The molecule has 1 saturated carbocycles. The molecule has 2 fully saturated rings. The molecule has 0 N–H and O–H groups in total. The van der Waals surface area contributed by atoms with Crippen molar-refractivity contribution in [3.63, 3.8) is 0 Å². The van der Waals surface area contributed by atoms with Crippen LogP contribution in [0.4, 0.5) is 0 Å². The Morgan fingerprint density at radius 1 is 1.15 bits per heavy atom. The Bertz CT molecular complexity index is 682. The molecule has 6 heteroatoms. The molecule has 0 bridgehead atoms. The first kappa shape index (κ1) is 20.4. The van der Waals surface area contributed by atoms with Gasteiger partial charge in [0.2, 0.25) is 5.91 Å². The van der Waals surface area contributed by atoms with Crippen molar-refractivity contribution in [2.75, 3.05) is 13.1 Å². The molecule has 1 aromatic heterocycles. The topological polar surface area (TPSA) is 67.6 Å². The van der Waals surface area contributed by atoms with Gasteiger partial charge >= 0.3 is 0 Å². The molecule has 0 spiro atoms. The molecule has 27 heavy (non-hydrogen) atoms. The third-order valence-corrected chi connectivity index (χ3v) is 8.52. The fourth-order valence-electron chi connectivity index (χ4n) is 4.60. The molecule has 0 aromatic carbocycles. The van der Waals surface area contributed by atoms with Gasteiger partial charge in [-0.15, -0.1) is 0 Å². The molecule has 152 valence electrons. The third kappa shape index (κ3) is 5.37. The average Bonchev–Trinajstić information content (AvgIpc) is 3.18. The van der Waals surface area contributed by atoms with Crippen LogP contribution in [0.1, 0.15) is 70.5 Å². The summed E-state index contributed by atoms with van der Waals surface area (Å²) < 4.78 is 30.4. The summed E-state index contributed by atoms with van der Waals surface area (Å²) in [5.41, 5.74) is 0. The van der Waals surface area contributed by atoms with Crippen LogP contribution >= 0.6 is 0 Å². The van der Waals surface area contributed by atoms with Crippen LogP contribution in [0.3, 0.4) is 0 Å². The van der Waals surface area contributed by atoms with Gasteiger partial charge in [-0.2, -0.15) is 0 Å². The summed E-state index contributed by atoms with van der Waals surface area (Å²) in [7, 11) is -3.23. The van der Waals surface area contributed by atoms with Crippen molar-refractivity contribution in [2.45, 2.75) is 75.7 Å². The molecule has 1 saturated heterocycles. The zero-order valence-corrected chi connectivity index (χ0v) is 17.3. The summed E-state index contributed by atoms with van der Waals surface area (Å²) in [6.07, 6.45) is 10.8. The monoisotopic (exact) mass is 395 g/mol. The second-order valence-electron chi connectivity index (χ2n) is 8.27. The Hall–Kier alpha value is -1.30. The van der Waals surface area contributed by atoms with Gasteiger partial charge in [-0.05, 0) is 56.6 Å². The number of carbonyl (C=O) groups excluding carboxylic acids is 1. The van der Waals surface area contributed by atoms with E-state index in [1.807, 2.05) is 4.90 Å². The van der Waals surface area contributed by atoms with Crippen LogP contribution in [0.15, 0.2) is 22.8 Å². The van der Waals surface area contributed by atoms with E-state index in [9.17, 15) is 13.2 Å². The predicted molar refractivity (Wildman–Crippen MR) is 106 cm³/mol. The van der Waals surface area contributed by atoms with Crippen molar-refractivity contribution in [3.05, 3.63) is 24.2 Å².